The Hall–Kier alpha value is -3.06. The molecule has 1 N–H and O–H groups in total. The van der Waals surface area contributed by atoms with Crippen molar-refractivity contribution in [1.29, 1.82) is 5.26 Å². The molecule has 1 unspecified atom stereocenters. The molecule has 0 fully saturated rings. The molecule has 30 heavy (non-hydrogen) atoms. The van der Waals surface area contributed by atoms with Gasteiger partial charge in [-0.25, -0.2) is 0 Å². The van der Waals surface area contributed by atoms with Crippen molar-refractivity contribution in [3.8, 4) is 6.07 Å². The van der Waals surface area contributed by atoms with E-state index in [0.29, 0.717) is 11.6 Å². The van der Waals surface area contributed by atoms with Crippen molar-refractivity contribution in [2.24, 2.45) is 0 Å². The van der Waals surface area contributed by atoms with Gasteiger partial charge in [0.25, 0.3) is 5.91 Å². The first kappa shape index (κ1) is 21.6. The summed E-state index contributed by atoms with van der Waals surface area (Å²) in [5.41, 5.74) is 5.45. The maximum atomic E-state index is 12.6. The molecule has 0 radical (unpaired) electrons. The Labute approximate surface area is 180 Å². The Morgan fingerprint density at radius 1 is 1.27 bits per heavy atom. The summed E-state index contributed by atoms with van der Waals surface area (Å²) in [6, 6.07) is 15.9. The van der Waals surface area contributed by atoms with E-state index in [1.165, 1.54) is 11.3 Å². The molecule has 0 saturated heterocycles. The zero-order valence-electron chi connectivity index (χ0n) is 18.6. The minimum absolute atomic E-state index is 0.102. The molecule has 0 aromatic heterocycles. The van der Waals surface area contributed by atoms with Crippen LogP contribution in [0.15, 0.2) is 48.0 Å². The third-order valence-electron chi connectivity index (χ3n) is 5.84. The van der Waals surface area contributed by atoms with Gasteiger partial charge in [-0.1, -0.05) is 37.6 Å². The second-order valence-corrected chi connectivity index (χ2v) is 8.88. The van der Waals surface area contributed by atoms with E-state index in [-0.39, 0.29) is 17.0 Å². The summed E-state index contributed by atoms with van der Waals surface area (Å²) in [6.45, 7) is 12.1. The van der Waals surface area contributed by atoms with Gasteiger partial charge in [0.2, 0.25) is 0 Å². The highest BCUT2D eigenvalue weighted by Crippen LogP contribution is 2.43. The number of fused-ring (bicyclic) bond motifs is 1. The highest BCUT2D eigenvalue weighted by Gasteiger charge is 2.35. The predicted molar refractivity (Wildman–Crippen MR) is 125 cm³/mol. The number of nitriles is 1. The van der Waals surface area contributed by atoms with Crippen molar-refractivity contribution >= 4 is 23.4 Å². The molecule has 1 aliphatic heterocycles. The summed E-state index contributed by atoms with van der Waals surface area (Å²) >= 11 is 0. The minimum Gasteiger partial charge on any atom is -0.366 e. The lowest BCUT2D eigenvalue weighted by atomic mass is 9.79. The molecule has 1 amide bonds. The zero-order valence-corrected chi connectivity index (χ0v) is 18.6. The Kier molecular flexibility index (Phi) is 6.31. The third kappa shape index (κ3) is 4.57. The fourth-order valence-corrected chi connectivity index (χ4v) is 4.40. The molecule has 4 nitrogen and oxygen atoms in total. The van der Waals surface area contributed by atoms with Crippen molar-refractivity contribution in [2.75, 3.05) is 16.8 Å². The summed E-state index contributed by atoms with van der Waals surface area (Å²) in [6.07, 6.45) is 3.85. The van der Waals surface area contributed by atoms with Crippen molar-refractivity contribution in [1.82, 2.24) is 0 Å². The van der Waals surface area contributed by atoms with Crippen molar-refractivity contribution in [2.45, 2.75) is 58.9 Å². The fourth-order valence-electron chi connectivity index (χ4n) is 4.40. The fraction of sp³-hybridized carbons (Fsp3) is 0.385. The van der Waals surface area contributed by atoms with Crippen LogP contribution in [-0.2, 0) is 4.79 Å². The first-order valence-corrected chi connectivity index (χ1v) is 10.7. The molecular weight excluding hydrogens is 370 g/mol. The van der Waals surface area contributed by atoms with E-state index in [2.05, 4.69) is 56.1 Å². The quantitative estimate of drug-likeness (QED) is 0.491. The van der Waals surface area contributed by atoms with E-state index < -0.39 is 0 Å². The number of hydrogen-bond acceptors (Lipinski definition) is 3. The number of carbonyl (C=O) groups excluding carboxylic acids is 1. The summed E-state index contributed by atoms with van der Waals surface area (Å²) in [5.74, 6) is 0.0317. The van der Waals surface area contributed by atoms with E-state index in [1.807, 2.05) is 37.3 Å². The molecule has 1 heterocycles. The molecule has 2 aromatic rings. The lowest BCUT2D eigenvalue weighted by Crippen LogP contribution is -2.48. The number of nitrogens with zero attached hydrogens (tertiary/aromatic N) is 2. The van der Waals surface area contributed by atoms with Crippen molar-refractivity contribution in [3.05, 3.63) is 64.7 Å². The molecule has 4 heteroatoms. The molecule has 0 aliphatic carbocycles. The molecule has 0 spiro atoms. The Morgan fingerprint density at radius 3 is 2.60 bits per heavy atom. The largest absolute Gasteiger partial charge is 0.366 e. The van der Waals surface area contributed by atoms with E-state index in [1.54, 1.807) is 6.08 Å². The van der Waals surface area contributed by atoms with Crippen molar-refractivity contribution in [3.63, 3.8) is 0 Å². The maximum Gasteiger partial charge on any atom is 0.266 e. The second-order valence-electron chi connectivity index (χ2n) is 8.88. The van der Waals surface area contributed by atoms with Gasteiger partial charge < -0.3 is 10.2 Å². The van der Waals surface area contributed by atoms with E-state index in [9.17, 15) is 10.1 Å². The van der Waals surface area contributed by atoms with Crippen LogP contribution in [0.4, 0.5) is 11.4 Å². The Bertz CT molecular complexity index is 996. The number of hydrogen-bond donors (Lipinski definition) is 1. The predicted octanol–water partition coefficient (Wildman–Crippen LogP) is 6.04. The van der Waals surface area contributed by atoms with Gasteiger partial charge in [-0.3, -0.25) is 4.79 Å². The number of carbonyl (C=O) groups is 1. The lowest BCUT2D eigenvalue weighted by Gasteiger charge is -2.47. The van der Waals surface area contributed by atoms with Crippen LogP contribution >= 0.6 is 0 Å². The topological polar surface area (TPSA) is 56.1 Å². The average Bonchev–Trinajstić information content (AvgIpc) is 2.70. The highest BCUT2D eigenvalue weighted by molar-refractivity contribution is 6.09. The van der Waals surface area contributed by atoms with Gasteiger partial charge in [0.15, 0.2) is 0 Å². The molecular formula is C26H31N3O. The van der Waals surface area contributed by atoms with Crippen LogP contribution < -0.4 is 10.2 Å². The zero-order chi connectivity index (χ0) is 21.9. The second kappa shape index (κ2) is 8.75. The van der Waals surface area contributed by atoms with Gasteiger partial charge in [0.1, 0.15) is 11.6 Å². The number of rotatable bonds is 5. The van der Waals surface area contributed by atoms with Crippen LogP contribution in [0.2, 0.25) is 0 Å². The molecule has 1 atom stereocenters. The monoisotopic (exact) mass is 401 g/mol. The van der Waals surface area contributed by atoms with Crippen LogP contribution in [0.25, 0.3) is 6.08 Å². The van der Waals surface area contributed by atoms with Gasteiger partial charge >= 0.3 is 0 Å². The Morgan fingerprint density at radius 2 is 1.97 bits per heavy atom. The van der Waals surface area contributed by atoms with Crippen LogP contribution in [0.5, 0.6) is 0 Å². The van der Waals surface area contributed by atoms with Crippen LogP contribution in [0.1, 0.15) is 63.1 Å². The molecule has 0 saturated carbocycles. The summed E-state index contributed by atoms with van der Waals surface area (Å²) in [5, 5.41) is 12.4. The standard InChI is InChI=1S/C26H31N3O/c1-6-13-29-24-12-9-20(15-23(24)19(3)16-26(29,4)5)14-21(17-27)25(30)28-22-10-7-18(2)8-11-22/h7-12,14-15,19H,6,13,16H2,1-5H3,(H,28,30)/b21-14+. The minimum atomic E-state index is -0.388. The van der Waals surface area contributed by atoms with Gasteiger partial charge in [0.05, 0.1) is 0 Å². The normalized spacial score (nSPS) is 17.8. The van der Waals surface area contributed by atoms with Gasteiger partial charge in [-0.2, -0.15) is 5.26 Å². The number of aryl methyl sites for hydroxylation is 1. The average molecular weight is 402 g/mol. The number of amides is 1. The van der Waals surface area contributed by atoms with Crippen LogP contribution in [-0.4, -0.2) is 18.0 Å². The first-order chi connectivity index (χ1) is 14.2. The summed E-state index contributed by atoms with van der Waals surface area (Å²) in [7, 11) is 0. The lowest BCUT2D eigenvalue weighted by molar-refractivity contribution is -0.112. The number of nitrogens with one attached hydrogen (secondary N) is 1. The molecule has 1 aliphatic rings. The van der Waals surface area contributed by atoms with E-state index in [4.69, 9.17) is 0 Å². The number of benzene rings is 2. The van der Waals surface area contributed by atoms with Crippen LogP contribution in [0.3, 0.4) is 0 Å². The molecule has 156 valence electrons. The van der Waals surface area contributed by atoms with Crippen LogP contribution in [0, 0.1) is 18.3 Å². The maximum absolute atomic E-state index is 12.6. The van der Waals surface area contributed by atoms with E-state index in [0.717, 1.165) is 30.5 Å². The SMILES string of the molecule is CCCN1c2ccc(/C=C(\C#N)C(=O)Nc3ccc(C)cc3)cc2C(C)CC1(C)C. The molecule has 0 bridgehead atoms. The highest BCUT2D eigenvalue weighted by atomic mass is 16.1. The van der Waals surface area contributed by atoms with Crippen molar-refractivity contribution < 1.29 is 4.79 Å². The Balaban J connectivity index is 1.89. The van der Waals surface area contributed by atoms with Gasteiger partial charge in [0, 0.05) is 23.5 Å². The number of anilines is 2. The smallest absolute Gasteiger partial charge is 0.266 e. The summed E-state index contributed by atoms with van der Waals surface area (Å²) < 4.78 is 0. The third-order valence-corrected chi connectivity index (χ3v) is 5.84. The first-order valence-electron chi connectivity index (χ1n) is 10.7. The van der Waals surface area contributed by atoms with Gasteiger partial charge in [-0.05, 0) is 81.0 Å². The molecule has 3 rings (SSSR count). The summed E-state index contributed by atoms with van der Waals surface area (Å²) in [4.78, 5) is 15.1. The van der Waals surface area contributed by atoms with Gasteiger partial charge in [-0.15, -0.1) is 0 Å². The van der Waals surface area contributed by atoms with E-state index >= 15 is 0 Å². The molecule has 2 aromatic carbocycles.